The first-order chi connectivity index (χ1) is 11.0. The minimum atomic E-state index is -0.979. The SMILES string of the molecule is CN(C)c1cc(-n2[nH]c(-c3ccc(F)c(F)c3)cc2=O)ncn1. The van der Waals surface area contributed by atoms with E-state index in [1.165, 1.54) is 23.1 Å². The molecule has 0 atom stereocenters. The number of benzene rings is 1. The van der Waals surface area contributed by atoms with Crippen molar-refractivity contribution in [2.24, 2.45) is 0 Å². The van der Waals surface area contributed by atoms with E-state index in [4.69, 9.17) is 0 Å². The van der Waals surface area contributed by atoms with Gasteiger partial charge in [0, 0.05) is 31.8 Å². The van der Waals surface area contributed by atoms with Gasteiger partial charge in [0.05, 0.1) is 5.69 Å². The van der Waals surface area contributed by atoms with Crippen LogP contribution in [0.3, 0.4) is 0 Å². The Balaban J connectivity index is 2.06. The van der Waals surface area contributed by atoms with Crippen LogP contribution in [0.5, 0.6) is 0 Å². The second-order valence-electron chi connectivity index (χ2n) is 5.10. The summed E-state index contributed by atoms with van der Waals surface area (Å²) < 4.78 is 27.6. The number of anilines is 1. The fraction of sp³-hybridized carbons (Fsp3) is 0.133. The minimum absolute atomic E-state index is 0.350. The van der Waals surface area contributed by atoms with Gasteiger partial charge >= 0.3 is 0 Å². The molecule has 3 aromatic rings. The van der Waals surface area contributed by atoms with Crippen LogP contribution in [0.2, 0.25) is 0 Å². The van der Waals surface area contributed by atoms with Gasteiger partial charge in [-0.2, -0.15) is 0 Å². The van der Waals surface area contributed by atoms with Crippen LogP contribution >= 0.6 is 0 Å². The number of halogens is 2. The molecule has 0 unspecified atom stereocenters. The van der Waals surface area contributed by atoms with Gasteiger partial charge in [-0.3, -0.25) is 9.89 Å². The first-order valence-corrected chi connectivity index (χ1v) is 6.73. The number of rotatable bonds is 3. The molecule has 0 spiro atoms. The Morgan fingerprint density at radius 2 is 1.87 bits per heavy atom. The largest absolute Gasteiger partial charge is 0.363 e. The van der Waals surface area contributed by atoms with Gasteiger partial charge < -0.3 is 4.90 Å². The number of nitrogens with one attached hydrogen (secondary N) is 1. The van der Waals surface area contributed by atoms with Crippen molar-refractivity contribution in [1.29, 1.82) is 0 Å². The lowest BCUT2D eigenvalue weighted by Crippen LogP contribution is -2.17. The van der Waals surface area contributed by atoms with Crippen LogP contribution in [0.15, 0.2) is 41.5 Å². The Morgan fingerprint density at radius 3 is 2.57 bits per heavy atom. The summed E-state index contributed by atoms with van der Waals surface area (Å²) in [6, 6.07) is 6.35. The highest BCUT2D eigenvalue weighted by molar-refractivity contribution is 5.59. The van der Waals surface area contributed by atoms with E-state index in [1.807, 2.05) is 14.1 Å². The average Bonchev–Trinajstić information content (AvgIpc) is 2.92. The maximum atomic E-state index is 13.3. The molecule has 0 amide bonds. The average molecular weight is 317 g/mol. The van der Waals surface area contributed by atoms with Gasteiger partial charge in [0.25, 0.3) is 5.56 Å². The van der Waals surface area contributed by atoms with E-state index in [0.29, 0.717) is 22.9 Å². The molecular formula is C15H13F2N5O. The predicted molar refractivity (Wildman–Crippen MR) is 81.7 cm³/mol. The lowest BCUT2D eigenvalue weighted by atomic mass is 10.1. The summed E-state index contributed by atoms with van der Waals surface area (Å²) in [6.45, 7) is 0. The summed E-state index contributed by atoms with van der Waals surface area (Å²) in [7, 11) is 3.63. The molecule has 0 saturated heterocycles. The third kappa shape index (κ3) is 2.83. The second-order valence-corrected chi connectivity index (χ2v) is 5.10. The smallest absolute Gasteiger partial charge is 0.273 e. The van der Waals surface area contributed by atoms with Crippen molar-refractivity contribution in [1.82, 2.24) is 19.7 Å². The Bertz CT molecular complexity index is 916. The molecule has 0 fully saturated rings. The van der Waals surface area contributed by atoms with Crippen LogP contribution in [0, 0.1) is 11.6 Å². The van der Waals surface area contributed by atoms with E-state index < -0.39 is 11.6 Å². The molecule has 0 saturated carbocycles. The number of aromatic amines is 1. The standard InChI is InChI=1S/C15H13F2N5O/c1-21(2)13-7-14(19-8-18-13)22-15(23)6-12(20-22)9-3-4-10(16)11(17)5-9/h3-8,20H,1-2H3. The molecule has 0 aliphatic carbocycles. The number of hydrogen-bond acceptors (Lipinski definition) is 4. The van der Waals surface area contributed by atoms with Crippen LogP contribution in [0.25, 0.3) is 17.1 Å². The van der Waals surface area contributed by atoms with Crippen molar-refractivity contribution in [3.05, 3.63) is 58.6 Å². The molecule has 0 radical (unpaired) electrons. The fourth-order valence-corrected chi connectivity index (χ4v) is 2.08. The highest BCUT2D eigenvalue weighted by Gasteiger charge is 2.11. The van der Waals surface area contributed by atoms with Crippen LogP contribution in [-0.2, 0) is 0 Å². The van der Waals surface area contributed by atoms with Crippen molar-refractivity contribution in [3.63, 3.8) is 0 Å². The second kappa shape index (κ2) is 5.64. The van der Waals surface area contributed by atoms with Crippen LogP contribution in [-0.4, -0.2) is 33.8 Å². The maximum Gasteiger partial charge on any atom is 0.273 e. The van der Waals surface area contributed by atoms with Crippen molar-refractivity contribution in [2.75, 3.05) is 19.0 Å². The molecule has 0 aliphatic heterocycles. The summed E-state index contributed by atoms with van der Waals surface area (Å²) in [5, 5.41) is 2.83. The maximum absolute atomic E-state index is 13.3. The van der Waals surface area contributed by atoms with Crippen LogP contribution < -0.4 is 10.5 Å². The Kier molecular flexibility index (Phi) is 3.65. The van der Waals surface area contributed by atoms with Gasteiger partial charge in [-0.1, -0.05) is 0 Å². The zero-order valence-corrected chi connectivity index (χ0v) is 12.4. The number of H-pyrrole nitrogens is 1. The quantitative estimate of drug-likeness (QED) is 0.802. The zero-order valence-electron chi connectivity index (χ0n) is 12.4. The molecule has 3 rings (SSSR count). The van der Waals surface area contributed by atoms with E-state index in [2.05, 4.69) is 15.1 Å². The molecule has 118 valence electrons. The van der Waals surface area contributed by atoms with Gasteiger partial charge in [0.1, 0.15) is 12.1 Å². The Hall–Kier alpha value is -3.03. The number of aromatic nitrogens is 4. The topological polar surface area (TPSA) is 66.8 Å². The Labute approximate surface area is 130 Å². The molecule has 0 aliphatic rings. The summed E-state index contributed by atoms with van der Waals surface area (Å²) in [5.74, 6) is -0.941. The normalized spacial score (nSPS) is 10.8. The summed E-state index contributed by atoms with van der Waals surface area (Å²) in [4.78, 5) is 22.0. The first kappa shape index (κ1) is 14.9. The van der Waals surface area contributed by atoms with E-state index >= 15 is 0 Å². The Morgan fingerprint density at radius 1 is 1.09 bits per heavy atom. The minimum Gasteiger partial charge on any atom is -0.363 e. The number of hydrogen-bond donors (Lipinski definition) is 1. The predicted octanol–water partition coefficient (Wildman–Crippen LogP) is 1.97. The highest BCUT2D eigenvalue weighted by atomic mass is 19.2. The summed E-state index contributed by atoms with van der Waals surface area (Å²) in [5.41, 5.74) is 0.355. The van der Waals surface area contributed by atoms with Crippen molar-refractivity contribution < 1.29 is 8.78 Å². The van der Waals surface area contributed by atoms with Crippen molar-refractivity contribution in [2.45, 2.75) is 0 Å². The molecule has 6 nitrogen and oxygen atoms in total. The van der Waals surface area contributed by atoms with Crippen molar-refractivity contribution >= 4 is 5.82 Å². The molecule has 1 aromatic carbocycles. The van der Waals surface area contributed by atoms with Crippen LogP contribution in [0.4, 0.5) is 14.6 Å². The van der Waals surface area contributed by atoms with E-state index in [1.54, 1.807) is 11.0 Å². The van der Waals surface area contributed by atoms with Gasteiger partial charge in [0.15, 0.2) is 17.5 Å². The molecule has 2 aromatic heterocycles. The number of nitrogens with zero attached hydrogens (tertiary/aromatic N) is 4. The third-order valence-corrected chi connectivity index (χ3v) is 3.28. The summed E-state index contributed by atoms with van der Waals surface area (Å²) >= 11 is 0. The van der Waals surface area contributed by atoms with Gasteiger partial charge in [-0.05, 0) is 18.2 Å². The fourth-order valence-electron chi connectivity index (χ4n) is 2.08. The zero-order chi connectivity index (χ0) is 16.6. The monoisotopic (exact) mass is 317 g/mol. The first-order valence-electron chi connectivity index (χ1n) is 6.73. The lowest BCUT2D eigenvalue weighted by molar-refractivity contribution is 0.509. The lowest BCUT2D eigenvalue weighted by Gasteiger charge is -2.11. The van der Waals surface area contributed by atoms with Gasteiger partial charge in [0.2, 0.25) is 0 Å². The van der Waals surface area contributed by atoms with E-state index in [9.17, 15) is 13.6 Å². The molecular weight excluding hydrogens is 304 g/mol. The molecule has 2 heterocycles. The molecule has 1 N–H and O–H groups in total. The van der Waals surface area contributed by atoms with Crippen molar-refractivity contribution in [3.8, 4) is 17.1 Å². The molecule has 0 bridgehead atoms. The summed E-state index contributed by atoms with van der Waals surface area (Å²) in [6.07, 6.45) is 1.34. The molecule has 8 heteroatoms. The van der Waals surface area contributed by atoms with E-state index in [-0.39, 0.29) is 5.56 Å². The van der Waals surface area contributed by atoms with Gasteiger partial charge in [-0.15, -0.1) is 0 Å². The highest BCUT2D eigenvalue weighted by Crippen LogP contribution is 2.19. The third-order valence-electron chi connectivity index (χ3n) is 3.28. The van der Waals surface area contributed by atoms with Gasteiger partial charge in [-0.25, -0.2) is 23.4 Å². The van der Waals surface area contributed by atoms with E-state index in [0.717, 1.165) is 12.1 Å². The van der Waals surface area contributed by atoms with Crippen LogP contribution in [0.1, 0.15) is 0 Å². The molecule has 23 heavy (non-hydrogen) atoms.